The van der Waals surface area contributed by atoms with Crippen molar-refractivity contribution in [2.45, 2.75) is 12.0 Å². The summed E-state index contributed by atoms with van der Waals surface area (Å²) in [6.07, 6.45) is 0. The Morgan fingerprint density at radius 2 is 1.72 bits per heavy atom. The Morgan fingerprint density at radius 1 is 1.07 bits per heavy atom. The SMILES string of the molecule is COC(=O)C(NC(=O)c1ccccc1F)c1nnc(C(F)(F)c2ccccc2)o1. The van der Waals surface area contributed by atoms with E-state index in [0.717, 1.165) is 13.2 Å². The van der Waals surface area contributed by atoms with Gasteiger partial charge in [-0.15, -0.1) is 10.2 Å². The number of hydrogen-bond acceptors (Lipinski definition) is 6. The lowest BCUT2D eigenvalue weighted by atomic mass is 10.1. The molecule has 10 heteroatoms. The highest BCUT2D eigenvalue weighted by Gasteiger charge is 2.42. The fourth-order valence-electron chi connectivity index (χ4n) is 2.44. The Bertz CT molecular complexity index is 1020. The molecule has 0 radical (unpaired) electrons. The van der Waals surface area contributed by atoms with Gasteiger partial charge in [0, 0.05) is 5.56 Å². The predicted octanol–water partition coefficient (Wildman–Crippen LogP) is 2.99. The predicted molar refractivity (Wildman–Crippen MR) is 92.4 cm³/mol. The van der Waals surface area contributed by atoms with Gasteiger partial charge in [0.15, 0.2) is 0 Å². The van der Waals surface area contributed by atoms with Crippen molar-refractivity contribution >= 4 is 11.9 Å². The van der Waals surface area contributed by atoms with Gasteiger partial charge in [-0.05, 0) is 12.1 Å². The van der Waals surface area contributed by atoms with E-state index in [-0.39, 0.29) is 5.56 Å². The summed E-state index contributed by atoms with van der Waals surface area (Å²) < 4.78 is 52.5. The average molecular weight is 405 g/mol. The van der Waals surface area contributed by atoms with E-state index in [0.29, 0.717) is 0 Å². The van der Waals surface area contributed by atoms with Crippen LogP contribution in [0.15, 0.2) is 59.0 Å². The first-order valence-corrected chi connectivity index (χ1v) is 8.25. The minimum Gasteiger partial charge on any atom is -0.467 e. The molecule has 0 spiro atoms. The number of carbonyl (C=O) groups excluding carboxylic acids is 2. The molecule has 150 valence electrons. The van der Waals surface area contributed by atoms with Crippen molar-refractivity contribution < 1.29 is 31.9 Å². The summed E-state index contributed by atoms with van der Waals surface area (Å²) in [4.78, 5) is 24.3. The largest absolute Gasteiger partial charge is 0.467 e. The first-order chi connectivity index (χ1) is 13.8. The van der Waals surface area contributed by atoms with Crippen LogP contribution >= 0.6 is 0 Å². The van der Waals surface area contributed by atoms with Gasteiger partial charge < -0.3 is 14.5 Å². The summed E-state index contributed by atoms with van der Waals surface area (Å²) in [5.74, 6) is -8.24. The second kappa shape index (κ2) is 8.13. The minimum absolute atomic E-state index is 0.365. The minimum atomic E-state index is -3.64. The van der Waals surface area contributed by atoms with Gasteiger partial charge in [-0.3, -0.25) is 4.79 Å². The van der Waals surface area contributed by atoms with Crippen LogP contribution in [-0.4, -0.2) is 29.2 Å². The van der Waals surface area contributed by atoms with Crippen LogP contribution in [-0.2, 0) is 15.5 Å². The molecule has 0 fully saturated rings. The molecule has 3 aromatic rings. The van der Waals surface area contributed by atoms with Gasteiger partial charge in [0.05, 0.1) is 12.7 Å². The molecule has 1 heterocycles. The smallest absolute Gasteiger partial charge is 0.349 e. The molecule has 0 saturated carbocycles. The zero-order valence-electron chi connectivity index (χ0n) is 14.9. The zero-order valence-corrected chi connectivity index (χ0v) is 14.9. The fraction of sp³-hybridized carbons (Fsp3) is 0.158. The topological polar surface area (TPSA) is 94.3 Å². The van der Waals surface area contributed by atoms with E-state index in [9.17, 15) is 22.8 Å². The van der Waals surface area contributed by atoms with Gasteiger partial charge in [0.1, 0.15) is 5.82 Å². The Kier molecular flexibility index (Phi) is 5.62. The summed E-state index contributed by atoms with van der Waals surface area (Å²) in [7, 11) is 1.01. The van der Waals surface area contributed by atoms with Crippen molar-refractivity contribution in [3.63, 3.8) is 0 Å². The third-order valence-electron chi connectivity index (χ3n) is 3.92. The zero-order chi connectivity index (χ0) is 21.0. The van der Waals surface area contributed by atoms with Crippen molar-refractivity contribution in [3.8, 4) is 0 Å². The standard InChI is InChI=1S/C19H14F3N3O4/c1-28-17(27)14(23-15(26)12-9-5-6-10-13(12)20)16-24-25-18(29-16)19(21,22)11-7-3-2-4-8-11/h2-10,14H,1H3,(H,23,26). The second-order valence-electron chi connectivity index (χ2n) is 5.80. The first kappa shape index (κ1) is 20.1. The molecule has 0 aliphatic carbocycles. The summed E-state index contributed by atoms with van der Waals surface area (Å²) >= 11 is 0. The molecule has 0 aliphatic heterocycles. The van der Waals surface area contributed by atoms with Crippen molar-refractivity contribution in [1.82, 2.24) is 15.5 Å². The van der Waals surface area contributed by atoms with Crippen LogP contribution in [0.25, 0.3) is 0 Å². The molecule has 1 unspecified atom stereocenters. The molecule has 1 amide bonds. The molecule has 0 bridgehead atoms. The summed E-state index contributed by atoms with van der Waals surface area (Å²) in [6, 6.07) is 10.0. The number of esters is 1. The number of halogens is 3. The highest BCUT2D eigenvalue weighted by Crippen LogP contribution is 2.35. The number of nitrogens with zero attached hydrogens (tertiary/aromatic N) is 2. The normalized spacial score (nSPS) is 12.3. The first-order valence-electron chi connectivity index (χ1n) is 8.25. The quantitative estimate of drug-likeness (QED) is 0.634. The van der Waals surface area contributed by atoms with Gasteiger partial charge in [0.25, 0.3) is 17.7 Å². The third-order valence-corrected chi connectivity index (χ3v) is 3.92. The van der Waals surface area contributed by atoms with Crippen LogP contribution in [0.4, 0.5) is 13.2 Å². The Hall–Kier alpha value is -3.69. The van der Waals surface area contributed by atoms with Gasteiger partial charge in [-0.25, -0.2) is 9.18 Å². The number of rotatable bonds is 6. The van der Waals surface area contributed by atoms with E-state index in [2.05, 4.69) is 20.3 Å². The van der Waals surface area contributed by atoms with Crippen molar-refractivity contribution in [1.29, 1.82) is 0 Å². The monoisotopic (exact) mass is 405 g/mol. The van der Waals surface area contributed by atoms with E-state index in [4.69, 9.17) is 4.42 Å². The molecule has 1 atom stereocenters. The van der Waals surface area contributed by atoms with Crippen LogP contribution in [0.5, 0.6) is 0 Å². The van der Waals surface area contributed by atoms with Crippen LogP contribution in [0, 0.1) is 5.82 Å². The average Bonchev–Trinajstić information content (AvgIpc) is 3.23. The number of amides is 1. The lowest BCUT2D eigenvalue weighted by Crippen LogP contribution is -2.35. The number of benzene rings is 2. The van der Waals surface area contributed by atoms with E-state index in [1.54, 1.807) is 6.07 Å². The Morgan fingerprint density at radius 3 is 2.38 bits per heavy atom. The van der Waals surface area contributed by atoms with Gasteiger partial charge >= 0.3 is 11.9 Å². The highest BCUT2D eigenvalue weighted by atomic mass is 19.3. The maximum absolute atomic E-state index is 14.6. The number of nitrogens with one attached hydrogen (secondary N) is 1. The van der Waals surface area contributed by atoms with E-state index >= 15 is 0 Å². The van der Waals surface area contributed by atoms with Crippen LogP contribution in [0.3, 0.4) is 0 Å². The summed E-state index contributed by atoms with van der Waals surface area (Å²) in [5, 5.41) is 8.89. The number of methoxy groups -OCH3 is 1. The highest BCUT2D eigenvalue weighted by molar-refractivity contribution is 5.97. The van der Waals surface area contributed by atoms with Crippen LogP contribution in [0.1, 0.15) is 33.7 Å². The molecule has 0 aliphatic rings. The lowest BCUT2D eigenvalue weighted by Gasteiger charge is -2.14. The molecular weight excluding hydrogens is 391 g/mol. The van der Waals surface area contributed by atoms with Gasteiger partial charge in [-0.1, -0.05) is 42.5 Å². The summed E-state index contributed by atoms with van der Waals surface area (Å²) in [6.45, 7) is 0. The molecule has 29 heavy (non-hydrogen) atoms. The molecule has 0 saturated heterocycles. The van der Waals surface area contributed by atoms with Crippen LogP contribution in [0.2, 0.25) is 0 Å². The molecule has 2 aromatic carbocycles. The van der Waals surface area contributed by atoms with E-state index < -0.39 is 47.0 Å². The summed E-state index contributed by atoms with van der Waals surface area (Å²) in [5.41, 5.74) is -0.768. The second-order valence-corrected chi connectivity index (χ2v) is 5.80. The molecule has 3 rings (SSSR count). The number of alkyl halides is 2. The third kappa shape index (κ3) is 4.10. The number of ether oxygens (including phenoxy) is 1. The van der Waals surface area contributed by atoms with E-state index in [1.165, 1.54) is 42.5 Å². The molecule has 1 aromatic heterocycles. The maximum atomic E-state index is 14.6. The lowest BCUT2D eigenvalue weighted by molar-refractivity contribution is -0.143. The van der Waals surface area contributed by atoms with Gasteiger partial charge in [-0.2, -0.15) is 8.78 Å². The van der Waals surface area contributed by atoms with Crippen molar-refractivity contribution in [2.75, 3.05) is 7.11 Å². The number of aromatic nitrogens is 2. The number of carbonyl (C=O) groups is 2. The van der Waals surface area contributed by atoms with Crippen molar-refractivity contribution in [3.05, 3.63) is 83.3 Å². The molecular formula is C19H14F3N3O4. The van der Waals surface area contributed by atoms with E-state index in [1.807, 2.05) is 0 Å². The van der Waals surface area contributed by atoms with Crippen molar-refractivity contribution in [2.24, 2.45) is 0 Å². The number of hydrogen-bond donors (Lipinski definition) is 1. The Balaban J connectivity index is 1.90. The van der Waals surface area contributed by atoms with Crippen LogP contribution < -0.4 is 5.32 Å². The Labute approximate surface area is 162 Å². The molecule has 1 N–H and O–H groups in total. The van der Waals surface area contributed by atoms with Gasteiger partial charge in [0.2, 0.25) is 6.04 Å². The maximum Gasteiger partial charge on any atom is 0.349 e. The molecule has 7 nitrogen and oxygen atoms in total. The fourth-order valence-corrected chi connectivity index (χ4v) is 2.44.